The van der Waals surface area contributed by atoms with Crippen LogP contribution in [0, 0.1) is 12.8 Å². The lowest BCUT2D eigenvalue weighted by atomic mass is 10.2. The Morgan fingerprint density at radius 1 is 1.29 bits per heavy atom. The van der Waals surface area contributed by atoms with Gasteiger partial charge in [-0.2, -0.15) is 13.5 Å². The maximum absolute atomic E-state index is 12.6. The zero-order valence-corrected chi connectivity index (χ0v) is 12.7. The van der Waals surface area contributed by atoms with Crippen LogP contribution in [-0.2, 0) is 19.6 Å². The summed E-state index contributed by atoms with van der Waals surface area (Å²) in [4.78, 5) is 11.6. The third-order valence-electron chi connectivity index (χ3n) is 3.12. The van der Waals surface area contributed by atoms with Crippen molar-refractivity contribution in [3.05, 3.63) is 29.8 Å². The molecule has 1 atom stereocenters. The second-order valence-electron chi connectivity index (χ2n) is 4.51. The molecule has 1 aliphatic rings. The first-order chi connectivity index (χ1) is 9.87. The predicted molar refractivity (Wildman–Crippen MR) is 79.9 cm³/mol. The number of nitrogens with zero attached hydrogens (tertiary/aromatic N) is 3. The van der Waals surface area contributed by atoms with Crippen molar-refractivity contribution in [2.45, 2.75) is 6.92 Å². The van der Waals surface area contributed by atoms with Crippen LogP contribution in [0.4, 0.5) is 5.69 Å². The average Bonchev–Trinajstić information content (AvgIpc) is 2.96. The minimum Gasteiger partial charge on any atom is -0.468 e. The zero-order valence-electron chi connectivity index (χ0n) is 11.8. The normalized spacial score (nSPS) is 17.5. The smallest absolute Gasteiger partial charge is 0.321 e. The molecular weight excluding hydrogens is 294 g/mol. The fourth-order valence-corrected chi connectivity index (χ4v) is 3.13. The number of hydrogen-bond acceptors (Lipinski definition) is 6. The number of anilines is 1. The van der Waals surface area contributed by atoms with Crippen LogP contribution in [0.3, 0.4) is 0 Å². The van der Waals surface area contributed by atoms with E-state index in [4.69, 9.17) is 0 Å². The molecule has 0 aromatic heterocycles. The molecule has 1 aliphatic heterocycles. The van der Waals surface area contributed by atoms with Crippen molar-refractivity contribution >= 4 is 32.9 Å². The van der Waals surface area contributed by atoms with Crippen LogP contribution >= 0.6 is 0 Å². The highest BCUT2D eigenvalue weighted by Gasteiger charge is 2.39. The zero-order chi connectivity index (χ0) is 15.6. The first-order valence-electron chi connectivity index (χ1n) is 6.12. The van der Waals surface area contributed by atoms with Gasteiger partial charge < -0.3 is 4.74 Å². The number of esters is 1. The van der Waals surface area contributed by atoms with Crippen molar-refractivity contribution in [2.75, 3.05) is 18.5 Å². The van der Waals surface area contributed by atoms with Crippen LogP contribution in [0.2, 0.25) is 0 Å². The van der Waals surface area contributed by atoms with Crippen molar-refractivity contribution in [1.82, 2.24) is 0 Å². The van der Waals surface area contributed by atoms with Gasteiger partial charge in [0.15, 0.2) is 11.0 Å². The standard InChI is InChI=1S/C13H15N3O4S/c1-9-4-6-10(7-5-9)16(2)21(18,19)12-11(8-14-15-12)13(17)20-3/h4-8,11H,1-3H3/t11-/m0/s1. The lowest BCUT2D eigenvalue weighted by Crippen LogP contribution is -2.39. The minimum absolute atomic E-state index is 0.336. The molecule has 7 nitrogen and oxygen atoms in total. The van der Waals surface area contributed by atoms with E-state index in [-0.39, 0.29) is 5.04 Å². The highest BCUT2D eigenvalue weighted by atomic mass is 32.2. The van der Waals surface area contributed by atoms with E-state index in [0.717, 1.165) is 16.1 Å². The minimum atomic E-state index is -3.95. The summed E-state index contributed by atoms with van der Waals surface area (Å²) in [6.45, 7) is 1.90. The Balaban J connectivity index is 2.34. The van der Waals surface area contributed by atoms with Gasteiger partial charge in [0.05, 0.1) is 12.8 Å². The number of sulfonamides is 1. The van der Waals surface area contributed by atoms with Crippen molar-refractivity contribution in [3.8, 4) is 0 Å². The molecule has 1 aromatic carbocycles. The second kappa shape index (κ2) is 5.65. The molecular formula is C13H15N3O4S. The molecule has 0 N–H and O–H groups in total. The van der Waals surface area contributed by atoms with Crippen LogP contribution in [0.25, 0.3) is 0 Å². The van der Waals surface area contributed by atoms with E-state index in [9.17, 15) is 13.2 Å². The van der Waals surface area contributed by atoms with E-state index >= 15 is 0 Å². The summed E-state index contributed by atoms with van der Waals surface area (Å²) in [7, 11) is -1.37. The summed E-state index contributed by atoms with van der Waals surface area (Å²) in [6.07, 6.45) is 1.15. The van der Waals surface area contributed by atoms with E-state index < -0.39 is 21.9 Å². The Morgan fingerprint density at radius 2 is 1.90 bits per heavy atom. The molecule has 21 heavy (non-hydrogen) atoms. The fraction of sp³-hybridized carbons (Fsp3) is 0.308. The summed E-state index contributed by atoms with van der Waals surface area (Å²) in [5.74, 6) is -1.82. The fourth-order valence-electron chi connectivity index (χ4n) is 1.82. The van der Waals surface area contributed by atoms with Gasteiger partial charge in [-0.3, -0.25) is 9.10 Å². The van der Waals surface area contributed by atoms with Crippen LogP contribution in [0.15, 0.2) is 34.5 Å². The van der Waals surface area contributed by atoms with Crippen LogP contribution < -0.4 is 4.31 Å². The highest BCUT2D eigenvalue weighted by molar-refractivity contribution is 8.07. The van der Waals surface area contributed by atoms with Crippen molar-refractivity contribution in [2.24, 2.45) is 16.1 Å². The molecule has 112 valence electrons. The number of ether oxygens (including phenoxy) is 1. The number of carbonyl (C=O) groups is 1. The Morgan fingerprint density at radius 3 is 2.48 bits per heavy atom. The average molecular weight is 309 g/mol. The molecule has 0 aliphatic carbocycles. The SMILES string of the molecule is COC(=O)[C@H]1C=NN=C1S(=O)(=O)N(C)c1ccc(C)cc1. The number of benzene rings is 1. The van der Waals surface area contributed by atoms with Gasteiger partial charge in [-0.25, -0.2) is 0 Å². The van der Waals surface area contributed by atoms with E-state index in [1.54, 1.807) is 24.3 Å². The summed E-state index contributed by atoms with van der Waals surface area (Å²) < 4.78 is 30.7. The molecule has 8 heteroatoms. The summed E-state index contributed by atoms with van der Waals surface area (Å²) in [6, 6.07) is 6.95. The Kier molecular flexibility index (Phi) is 4.08. The van der Waals surface area contributed by atoms with Gasteiger partial charge in [0.2, 0.25) is 0 Å². The molecule has 2 rings (SSSR count). The third-order valence-corrected chi connectivity index (χ3v) is 4.91. The third kappa shape index (κ3) is 2.80. The van der Waals surface area contributed by atoms with Gasteiger partial charge in [0.25, 0.3) is 10.0 Å². The first kappa shape index (κ1) is 15.2. The summed E-state index contributed by atoms with van der Waals surface area (Å²) in [5, 5.41) is 6.77. The molecule has 0 saturated carbocycles. The molecule has 0 spiro atoms. The number of aryl methyl sites for hydroxylation is 1. The molecule has 0 amide bonds. The topological polar surface area (TPSA) is 88.4 Å². The number of hydrogen-bond donors (Lipinski definition) is 0. The molecule has 0 unspecified atom stereocenters. The lowest BCUT2D eigenvalue weighted by Gasteiger charge is -2.20. The maximum Gasteiger partial charge on any atom is 0.321 e. The van der Waals surface area contributed by atoms with Crippen molar-refractivity contribution < 1.29 is 17.9 Å². The van der Waals surface area contributed by atoms with E-state index in [1.165, 1.54) is 14.2 Å². The van der Waals surface area contributed by atoms with Crippen LogP contribution in [-0.4, -0.2) is 39.8 Å². The monoisotopic (exact) mass is 309 g/mol. The largest absolute Gasteiger partial charge is 0.468 e. The molecule has 1 aromatic rings. The first-order valence-corrected chi connectivity index (χ1v) is 7.56. The quantitative estimate of drug-likeness (QED) is 0.778. The molecule has 0 bridgehead atoms. The number of carbonyl (C=O) groups excluding carboxylic acids is 1. The highest BCUT2D eigenvalue weighted by Crippen LogP contribution is 2.22. The molecule has 0 radical (unpaired) electrons. The van der Waals surface area contributed by atoms with Gasteiger partial charge in [-0.05, 0) is 19.1 Å². The second-order valence-corrected chi connectivity index (χ2v) is 6.43. The Hall–Kier alpha value is -2.22. The van der Waals surface area contributed by atoms with Gasteiger partial charge in [0.1, 0.15) is 0 Å². The van der Waals surface area contributed by atoms with Gasteiger partial charge in [0, 0.05) is 13.3 Å². The lowest BCUT2D eigenvalue weighted by molar-refractivity contribution is -0.140. The van der Waals surface area contributed by atoms with Gasteiger partial charge in [-0.15, -0.1) is 5.10 Å². The summed E-state index contributed by atoms with van der Waals surface area (Å²) >= 11 is 0. The van der Waals surface area contributed by atoms with Crippen molar-refractivity contribution in [1.29, 1.82) is 0 Å². The van der Waals surface area contributed by atoms with Crippen LogP contribution in [0.1, 0.15) is 5.56 Å². The Labute approximate surface area is 123 Å². The number of rotatable bonds is 3. The van der Waals surface area contributed by atoms with Gasteiger partial charge in [-0.1, -0.05) is 17.7 Å². The molecule has 0 saturated heterocycles. The van der Waals surface area contributed by atoms with E-state index in [0.29, 0.717) is 5.69 Å². The van der Waals surface area contributed by atoms with Crippen molar-refractivity contribution in [3.63, 3.8) is 0 Å². The Bertz CT molecular complexity index is 707. The maximum atomic E-state index is 12.6. The number of methoxy groups -OCH3 is 1. The van der Waals surface area contributed by atoms with Crippen LogP contribution in [0.5, 0.6) is 0 Å². The predicted octanol–water partition coefficient (Wildman–Crippen LogP) is 0.948. The molecule has 0 fully saturated rings. The van der Waals surface area contributed by atoms with E-state index in [1.807, 2.05) is 6.92 Å². The van der Waals surface area contributed by atoms with E-state index in [2.05, 4.69) is 14.9 Å². The van der Waals surface area contributed by atoms with Gasteiger partial charge >= 0.3 is 5.97 Å². The molecule has 1 heterocycles. The summed E-state index contributed by atoms with van der Waals surface area (Å²) in [5.41, 5.74) is 1.48.